The Bertz CT molecular complexity index is 167. The van der Waals surface area contributed by atoms with Crippen LogP contribution in [0.3, 0.4) is 0 Å². The van der Waals surface area contributed by atoms with E-state index in [1.54, 1.807) is 18.2 Å². The van der Waals surface area contributed by atoms with Crippen LogP contribution in [-0.4, -0.2) is 0 Å². The molecule has 1 rings (SSSR count). The minimum Gasteiger partial charge on any atom is -0.0843 e. The lowest BCUT2D eigenvalue weighted by Gasteiger charge is -1.86. The van der Waals surface area contributed by atoms with Crippen molar-refractivity contribution in [1.29, 1.82) is 0 Å². The standard InChI is InChI=1S/C6H4Cl2.CH4/c7-5-2-1-3-6(8)4-5;/h1-4H;1H4. The predicted octanol–water partition coefficient (Wildman–Crippen LogP) is 3.63. The predicted molar refractivity (Wildman–Crippen MR) is 43.2 cm³/mol. The van der Waals surface area contributed by atoms with Crippen LogP contribution in [0.15, 0.2) is 24.3 Å². The van der Waals surface area contributed by atoms with Crippen molar-refractivity contribution in [3.05, 3.63) is 34.3 Å². The average Bonchev–Trinajstić information content (AvgIpc) is 1.64. The Hall–Kier alpha value is -0.200. The molecule has 1 aromatic carbocycles. The molecule has 9 heavy (non-hydrogen) atoms. The summed E-state index contributed by atoms with van der Waals surface area (Å²) in [4.78, 5) is 0. The van der Waals surface area contributed by atoms with Crippen molar-refractivity contribution in [3.63, 3.8) is 0 Å². The highest BCUT2D eigenvalue weighted by Gasteiger charge is 1.84. The molecule has 0 amide bonds. The molecule has 0 radical (unpaired) electrons. The second-order valence-corrected chi connectivity index (χ2v) is 2.31. The Morgan fingerprint density at radius 1 is 1.00 bits per heavy atom. The smallest absolute Gasteiger partial charge is 0.0420 e. The van der Waals surface area contributed by atoms with E-state index in [1.165, 1.54) is 0 Å². The number of benzene rings is 1. The first-order chi connectivity index (χ1) is 3.79. The van der Waals surface area contributed by atoms with Gasteiger partial charge < -0.3 is 0 Å². The molecule has 0 heterocycles. The third-order valence-electron chi connectivity index (χ3n) is 0.787. The van der Waals surface area contributed by atoms with Gasteiger partial charge in [0.05, 0.1) is 0 Å². The van der Waals surface area contributed by atoms with E-state index in [9.17, 15) is 0 Å². The summed E-state index contributed by atoms with van der Waals surface area (Å²) in [5.41, 5.74) is 0. The SMILES string of the molecule is C.Clc1cccc(Cl)c1. The highest BCUT2D eigenvalue weighted by Crippen LogP contribution is 2.13. The van der Waals surface area contributed by atoms with E-state index in [0.29, 0.717) is 10.0 Å². The van der Waals surface area contributed by atoms with Crippen molar-refractivity contribution in [1.82, 2.24) is 0 Å². The fraction of sp³-hybridized carbons (Fsp3) is 0.143. The van der Waals surface area contributed by atoms with Gasteiger partial charge in [0.1, 0.15) is 0 Å². The Balaban J connectivity index is 0.000000640. The average molecular weight is 163 g/mol. The van der Waals surface area contributed by atoms with E-state index >= 15 is 0 Å². The molecule has 0 aromatic heterocycles. The first-order valence-electron chi connectivity index (χ1n) is 2.20. The molecule has 0 bridgehead atoms. The zero-order valence-corrected chi connectivity index (χ0v) is 5.58. The van der Waals surface area contributed by atoms with Gasteiger partial charge in [0.2, 0.25) is 0 Å². The van der Waals surface area contributed by atoms with Gasteiger partial charge in [-0.15, -0.1) is 0 Å². The zero-order valence-electron chi connectivity index (χ0n) is 4.07. The Kier molecular flexibility index (Phi) is 3.67. The summed E-state index contributed by atoms with van der Waals surface area (Å²) >= 11 is 11.1. The Morgan fingerprint density at radius 2 is 1.44 bits per heavy atom. The summed E-state index contributed by atoms with van der Waals surface area (Å²) in [7, 11) is 0. The highest BCUT2D eigenvalue weighted by molar-refractivity contribution is 6.34. The van der Waals surface area contributed by atoms with Crippen molar-refractivity contribution in [2.75, 3.05) is 0 Å². The summed E-state index contributed by atoms with van der Waals surface area (Å²) in [6, 6.07) is 7.08. The van der Waals surface area contributed by atoms with E-state index in [-0.39, 0.29) is 7.43 Å². The van der Waals surface area contributed by atoms with Gasteiger partial charge >= 0.3 is 0 Å². The molecule has 0 unspecified atom stereocenters. The molecule has 0 saturated carbocycles. The molecule has 0 aliphatic heterocycles. The molecular formula is C7H8Cl2. The van der Waals surface area contributed by atoms with Crippen LogP contribution in [0.1, 0.15) is 7.43 Å². The summed E-state index contributed by atoms with van der Waals surface area (Å²) in [6.45, 7) is 0. The van der Waals surface area contributed by atoms with Crippen molar-refractivity contribution in [2.24, 2.45) is 0 Å². The van der Waals surface area contributed by atoms with E-state index in [2.05, 4.69) is 0 Å². The Morgan fingerprint density at radius 3 is 1.67 bits per heavy atom. The number of rotatable bonds is 0. The minimum absolute atomic E-state index is 0. The van der Waals surface area contributed by atoms with Crippen molar-refractivity contribution < 1.29 is 0 Å². The summed E-state index contributed by atoms with van der Waals surface area (Å²) in [5.74, 6) is 0. The lowest BCUT2D eigenvalue weighted by Crippen LogP contribution is -1.61. The van der Waals surface area contributed by atoms with Gasteiger partial charge in [-0.2, -0.15) is 0 Å². The lowest BCUT2D eigenvalue weighted by molar-refractivity contribution is 1.71. The summed E-state index contributed by atoms with van der Waals surface area (Å²) in [5, 5.41) is 1.36. The quantitative estimate of drug-likeness (QED) is 0.547. The molecule has 0 nitrogen and oxygen atoms in total. The van der Waals surface area contributed by atoms with Crippen LogP contribution in [0, 0.1) is 0 Å². The van der Waals surface area contributed by atoms with Gasteiger partial charge in [0, 0.05) is 10.0 Å². The first-order valence-corrected chi connectivity index (χ1v) is 2.96. The summed E-state index contributed by atoms with van der Waals surface area (Å²) < 4.78 is 0. The van der Waals surface area contributed by atoms with E-state index < -0.39 is 0 Å². The second-order valence-electron chi connectivity index (χ2n) is 1.44. The molecule has 0 saturated heterocycles. The van der Waals surface area contributed by atoms with Crippen LogP contribution in [0.25, 0.3) is 0 Å². The first kappa shape index (κ1) is 8.80. The van der Waals surface area contributed by atoms with Crippen LogP contribution in [-0.2, 0) is 0 Å². The highest BCUT2D eigenvalue weighted by atomic mass is 35.5. The zero-order chi connectivity index (χ0) is 5.98. The lowest BCUT2D eigenvalue weighted by atomic mass is 10.4. The third-order valence-corrected chi connectivity index (χ3v) is 1.26. The maximum Gasteiger partial charge on any atom is 0.0420 e. The van der Waals surface area contributed by atoms with Crippen molar-refractivity contribution in [2.45, 2.75) is 7.43 Å². The van der Waals surface area contributed by atoms with Crippen LogP contribution >= 0.6 is 23.2 Å². The molecule has 0 aliphatic carbocycles. The maximum absolute atomic E-state index is 5.56. The molecule has 0 spiro atoms. The second kappa shape index (κ2) is 3.76. The molecule has 50 valence electrons. The molecule has 0 atom stereocenters. The topological polar surface area (TPSA) is 0 Å². The molecule has 0 N–H and O–H groups in total. The monoisotopic (exact) mass is 162 g/mol. The van der Waals surface area contributed by atoms with Gasteiger partial charge in [-0.1, -0.05) is 36.7 Å². The van der Waals surface area contributed by atoms with Gasteiger partial charge in [-0.05, 0) is 18.2 Å². The van der Waals surface area contributed by atoms with Crippen LogP contribution in [0.4, 0.5) is 0 Å². The Labute approximate surface area is 65.4 Å². The largest absolute Gasteiger partial charge is 0.0843 e. The van der Waals surface area contributed by atoms with Gasteiger partial charge in [0.25, 0.3) is 0 Å². The van der Waals surface area contributed by atoms with E-state index in [4.69, 9.17) is 23.2 Å². The molecular weight excluding hydrogens is 155 g/mol. The fourth-order valence-corrected chi connectivity index (χ4v) is 0.896. The molecule has 2 heteroatoms. The van der Waals surface area contributed by atoms with Crippen molar-refractivity contribution >= 4 is 23.2 Å². The van der Waals surface area contributed by atoms with Crippen LogP contribution in [0.2, 0.25) is 10.0 Å². The third kappa shape index (κ3) is 2.73. The van der Waals surface area contributed by atoms with Crippen LogP contribution in [0.5, 0.6) is 0 Å². The number of halogens is 2. The number of hydrogen-bond donors (Lipinski definition) is 0. The number of hydrogen-bond acceptors (Lipinski definition) is 0. The van der Waals surface area contributed by atoms with Gasteiger partial charge in [-0.25, -0.2) is 0 Å². The van der Waals surface area contributed by atoms with Gasteiger partial charge in [-0.3, -0.25) is 0 Å². The van der Waals surface area contributed by atoms with E-state index in [0.717, 1.165) is 0 Å². The fourth-order valence-electron chi connectivity index (χ4n) is 0.460. The van der Waals surface area contributed by atoms with Gasteiger partial charge in [0.15, 0.2) is 0 Å². The molecule has 0 aliphatic rings. The van der Waals surface area contributed by atoms with Crippen molar-refractivity contribution in [3.8, 4) is 0 Å². The minimum atomic E-state index is 0. The normalized spacial score (nSPS) is 8.22. The molecule has 1 aromatic rings. The summed E-state index contributed by atoms with van der Waals surface area (Å²) in [6.07, 6.45) is 0. The molecule has 0 fully saturated rings. The maximum atomic E-state index is 5.56. The van der Waals surface area contributed by atoms with Crippen LogP contribution < -0.4 is 0 Å². The van der Waals surface area contributed by atoms with E-state index in [1.807, 2.05) is 6.07 Å².